The molecular weight excluding hydrogens is 485 g/mol. The standard InChI is InChI=1S/C26H27F3N6O2/c1-4-34-18(10-13-6-8-20(26(27,28)29)32-23(13)34)24-31-16-9-15(11-19(37-3)22(16)33(24)2)25(36)35-12-14-5-7-17(35)21(14)30/h6,8-11,14,17,21H,4-5,7,12,30H2,1-3H3/t14-,17-,21-/m1/s1. The second kappa shape index (κ2) is 8.20. The molecule has 6 rings (SSSR count). The van der Waals surface area contributed by atoms with Gasteiger partial charge in [0.2, 0.25) is 0 Å². The Balaban J connectivity index is 1.47. The third-order valence-electron chi connectivity index (χ3n) is 7.90. The van der Waals surface area contributed by atoms with Crippen molar-refractivity contribution in [2.75, 3.05) is 13.7 Å². The minimum absolute atomic E-state index is 0.0125. The summed E-state index contributed by atoms with van der Waals surface area (Å²) in [6, 6.07) is 7.73. The van der Waals surface area contributed by atoms with Crippen molar-refractivity contribution in [3.63, 3.8) is 0 Å². The van der Waals surface area contributed by atoms with E-state index >= 15 is 0 Å². The number of amides is 1. The number of carbonyl (C=O) groups is 1. The summed E-state index contributed by atoms with van der Waals surface area (Å²) in [6.07, 6.45) is -2.58. The molecule has 4 heterocycles. The molecule has 0 spiro atoms. The minimum Gasteiger partial charge on any atom is -0.494 e. The molecule has 8 nitrogen and oxygen atoms in total. The number of pyridine rings is 1. The quantitative estimate of drug-likeness (QED) is 0.443. The number of halogens is 3. The van der Waals surface area contributed by atoms with Gasteiger partial charge in [-0.05, 0) is 56.0 Å². The van der Waals surface area contributed by atoms with Gasteiger partial charge in [0.05, 0.1) is 18.3 Å². The third kappa shape index (κ3) is 3.51. The van der Waals surface area contributed by atoms with Gasteiger partial charge < -0.3 is 24.5 Å². The van der Waals surface area contributed by atoms with Crippen molar-refractivity contribution in [2.24, 2.45) is 18.7 Å². The number of nitrogens with zero attached hydrogens (tertiary/aromatic N) is 5. The van der Waals surface area contributed by atoms with Gasteiger partial charge in [0.25, 0.3) is 5.91 Å². The van der Waals surface area contributed by atoms with E-state index < -0.39 is 11.9 Å². The van der Waals surface area contributed by atoms with Crippen LogP contribution in [0.2, 0.25) is 0 Å². The number of methoxy groups -OCH3 is 1. The Bertz CT molecular complexity index is 1560. The lowest BCUT2D eigenvalue weighted by Gasteiger charge is -2.27. The Morgan fingerprint density at radius 2 is 1.97 bits per heavy atom. The molecule has 2 aliphatic rings. The maximum absolute atomic E-state index is 13.5. The topological polar surface area (TPSA) is 91.2 Å². The highest BCUT2D eigenvalue weighted by Gasteiger charge is 2.47. The van der Waals surface area contributed by atoms with Crippen LogP contribution in [0.5, 0.6) is 5.75 Å². The highest BCUT2D eigenvalue weighted by Crippen LogP contribution is 2.39. The Hall–Kier alpha value is -3.60. The summed E-state index contributed by atoms with van der Waals surface area (Å²) in [5.74, 6) is 1.27. The molecule has 1 aliphatic carbocycles. The molecule has 0 radical (unpaired) electrons. The van der Waals surface area contributed by atoms with Crippen LogP contribution >= 0.6 is 0 Å². The fourth-order valence-corrected chi connectivity index (χ4v) is 6.06. The number of fused-ring (bicyclic) bond motifs is 4. The summed E-state index contributed by atoms with van der Waals surface area (Å²) < 4.78 is 49.2. The van der Waals surface area contributed by atoms with Gasteiger partial charge in [-0.2, -0.15) is 13.2 Å². The minimum atomic E-state index is -4.54. The molecule has 1 aromatic carbocycles. The number of piperidine rings is 1. The molecule has 2 fully saturated rings. The molecule has 3 aromatic heterocycles. The number of aromatic nitrogens is 4. The molecule has 194 valence electrons. The van der Waals surface area contributed by atoms with E-state index in [1.54, 1.807) is 22.8 Å². The molecule has 2 N–H and O–H groups in total. The number of hydrogen-bond acceptors (Lipinski definition) is 5. The van der Waals surface area contributed by atoms with E-state index in [1.165, 1.54) is 13.2 Å². The van der Waals surface area contributed by atoms with Crippen LogP contribution in [0, 0.1) is 5.92 Å². The molecule has 4 aromatic rings. The van der Waals surface area contributed by atoms with Crippen LogP contribution in [-0.2, 0) is 19.8 Å². The number of nitrogens with two attached hydrogens (primary N) is 1. The third-order valence-corrected chi connectivity index (χ3v) is 7.90. The van der Waals surface area contributed by atoms with Gasteiger partial charge in [0, 0.05) is 43.2 Å². The number of likely N-dealkylation sites (tertiary alicyclic amines) is 1. The zero-order valence-electron chi connectivity index (χ0n) is 20.7. The Morgan fingerprint density at radius 3 is 2.59 bits per heavy atom. The van der Waals surface area contributed by atoms with E-state index in [-0.39, 0.29) is 23.6 Å². The van der Waals surface area contributed by atoms with E-state index in [0.29, 0.717) is 58.3 Å². The number of alkyl halides is 3. The van der Waals surface area contributed by atoms with Gasteiger partial charge in [0.1, 0.15) is 22.6 Å². The summed E-state index contributed by atoms with van der Waals surface area (Å²) >= 11 is 0. The van der Waals surface area contributed by atoms with E-state index in [1.807, 2.05) is 23.4 Å². The van der Waals surface area contributed by atoms with Crippen LogP contribution < -0.4 is 10.5 Å². The zero-order valence-corrected chi connectivity index (χ0v) is 20.7. The van der Waals surface area contributed by atoms with Crippen LogP contribution in [-0.4, -0.2) is 55.6 Å². The van der Waals surface area contributed by atoms with Gasteiger partial charge >= 0.3 is 6.18 Å². The second-order valence-electron chi connectivity index (χ2n) is 9.86. The Kier molecular flexibility index (Phi) is 5.27. The van der Waals surface area contributed by atoms with Crippen molar-refractivity contribution in [3.8, 4) is 17.3 Å². The average molecular weight is 513 g/mol. The van der Waals surface area contributed by atoms with E-state index in [2.05, 4.69) is 4.98 Å². The predicted octanol–water partition coefficient (Wildman–Crippen LogP) is 4.20. The van der Waals surface area contributed by atoms with Crippen molar-refractivity contribution >= 4 is 28.0 Å². The van der Waals surface area contributed by atoms with Crippen LogP contribution in [0.15, 0.2) is 30.3 Å². The number of benzene rings is 1. The number of imidazole rings is 1. The van der Waals surface area contributed by atoms with E-state index in [4.69, 9.17) is 15.5 Å². The van der Waals surface area contributed by atoms with Crippen LogP contribution in [0.1, 0.15) is 35.8 Å². The maximum Gasteiger partial charge on any atom is 0.433 e. The van der Waals surface area contributed by atoms with Crippen LogP contribution in [0.25, 0.3) is 33.6 Å². The first kappa shape index (κ1) is 23.8. The lowest BCUT2D eigenvalue weighted by molar-refractivity contribution is -0.141. The molecule has 11 heteroatoms. The maximum atomic E-state index is 13.5. The summed E-state index contributed by atoms with van der Waals surface area (Å²) in [7, 11) is 3.36. The molecule has 0 unspecified atom stereocenters. The SMILES string of the molecule is CCn1c(-c2nc3cc(C(=O)N4C[C@H]5CC[C@@H]4[C@@H]5N)cc(OC)c3n2C)cc2ccc(C(F)(F)F)nc21. The number of aryl methyl sites for hydroxylation is 2. The van der Waals surface area contributed by atoms with Gasteiger partial charge in [0.15, 0.2) is 5.82 Å². The van der Waals surface area contributed by atoms with Gasteiger partial charge in [-0.1, -0.05) is 0 Å². The largest absolute Gasteiger partial charge is 0.494 e. The summed E-state index contributed by atoms with van der Waals surface area (Å²) in [6.45, 7) is 2.90. The molecule has 1 saturated heterocycles. The van der Waals surface area contributed by atoms with Crippen molar-refractivity contribution < 1.29 is 22.7 Å². The Labute approximate surface area is 210 Å². The van der Waals surface area contributed by atoms with Crippen molar-refractivity contribution in [1.82, 2.24) is 24.0 Å². The van der Waals surface area contributed by atoms with Crippen LogP contribution in [0.3, 0.4) is 0 Å². The molecule has 37 heavy (non-hydrogen) atoms. The van der Waals surface area contributed by atoms with Gasteiger partial charge in [-0.15, -0.1) is 0 Å². The van der Waals surface area contributed by atoms with Crippen molar-refractivity contribution in [3.05, 3.63) is 41.6 Å². The van der Waals surface area contributed by atoms with Crippen molar-refractivity contribution in [2.45, 2.75) is 44.6 Å². The van der Waals surface area contributed by atoms with Crippen LogP contribution in [0.4, 0.5) is 13.2 Å². The van der Waals surface area contributed by atoms with Crippen molar-refractivity contribution in [1.29, 1.82) is 0 Å². The summed E-state index contributed by atoms with van der Waals surface area (Å²) in [4.78, 5) is 24.0. The highest BCUT2D eigenvalue weighted by molar-refractivity contribution is 6.00. The lowest BCUT2D eigenvalue weighted by Crippen LogP contribution is -2.41. The average Bonchev–Trinajstić information content (AvgIpc) is 3.61. The second-order valence-corrected chi connectivity index (χ2v) is 9.86. The summed E-state index contributed by atoms with van der Waals surface area (Å²) in [5, 5.41) is 0.583. The molecular formula is C26H27F3N6O2. The molecule has 1 amide bonds. The number of rotatable bonds is 4. The zero-order chi connectivity index (χ0) is 26.2. The molecule has 3 atom stereocenters. The number of carbonyl (C=O) groups excluding carboxylic acids is 1. The predicted molar refractivity (Wildman–Crippen MR) is 132 cm³/mol. The van der Waals surface area contributed by atoms with Gasteiger partial charge in [-0.3, -0.25) is 4.79 Å². The first-order valence-corrected chi connectivity index (χ1v) is 12.3. The Morgan fingerprint density at radius 1 is 1.19 bits per heavy atom. The molecule has 1 saturated carbocycles. The monoisotopic (exact) mass is 512 g/mol. The lowest BCUT2D eigenvalue weighted by atomic mass is 10.1. The fourth-order valence-electron chi connectivity index (χ4n) is 6.06. The first-order chi connectivity index (χ1) is 17.6. The molecule has 1 aliphatic heterocycles. The fraction of sp³-hybridized carbons (Fsp3) is 0.423. The van der Waals surface area contributed by atoms with E-state index in [9.17, 15) is 18.0 Å². The summed E-state index contributed by atoms with van der Waals surface area (Å²) in [5.41, 5.74) is 7.96. The first-order valence-electron chi connectivity index (χ1n) is 12.3. The number of hydrogen-bond donors (Lipinski definition) is 1. The number of ether oxygens (including phenoxy) is 1. The molecule has 2 bridgehead atoms. The van der Waals surface area contributed by atoms with Gasteiger partial charge in [-0.25, -0.2) is 9.97 Å². The smallest absolute Gasteiger partial charge is 0.433 e. The normalized spacial score (nSPS) is 21.5. The van der Waals surface area contributed by atoms with E-state index in [0.717, 1.165) is 18.9 Å². The highest BCUT2D eigenvalue weighted by atomic mass is 19.4.